The Morgan fingerprint density at radius 2 is 1.58 bits per heavy atom. The summed E-state index contributed by atoms with van der Waals surface area (Å²) in [5.74, 6) is -2.19. The lowest BCUT2D eigenvalue weighted by molar-refractivity contribution is -0.222. The highest BCUT2D eigenvalue weighted by Crippen LogP contribution is 2.23. The lowest BCUT2D eigenvalue weighted by Crippen LogP contribution is -2.42. The second kappa shape index (κ2) is 7.01. The van der Waals surface area contributed by atoms with Gasteiger partial charge in [-0.2, -0.15) is 0 Å². The van der Waals surface area contributed by atoms with Crippen molar-refractivity contribution in [2.75, 3.05) is 10.6 Å². The molecule has 0 unspecified atom stereocenters. The van der Waals surface area contributed by atoms with Crippen LogP contribution < -0.4 is 10.6 Å². The standard InChI is InChI=1S/C17H15ClN4O4/c1-17(2)25-15(23)12(16(24)26-17)9-19-10-3-5-11(6-4-10)20-14-8-7-13(18)21-22-14/h3-9,19H,1-2H3,(H,20,22). The number of benzene rings is 1. The second-order valence-electron chi connectivity index (χ2n) is 5.82. The summed E-state index contributed by atoms with van der Waals surface area (Å²) in [6.45, 7) is 2.98. The van der Waals surface area contributed by atoms with Crippen LogP contribution in [-0.2, 0) is 19.1 Å². The molecule has 1 aromatic heterocycles. The van der Waals surface area contributed by atoms with E-state index in [0.717, 1.165) is 5.69 Å². The van der Waals surface area contributed by atoms with Crippen LogP contribution in [0.2, 0.25) is 5.15 Å². The number of esters is 2. The number of cyclic esters (lactones) is 2. The van der Waals surface area contributed by atoms with Gasteiger partial charge in [-0.1, -0.05) is 11.6 Å². The SMILES string of the molecule is CC1(C)OC(=O)C(=CNc2ccc(Nc3ccc(Cl)nn3)cc2)C(=O)O1. The second-order valence-corrected chi connectivity index (χ2v) is 6.21. The number of carbonyl (C=O) groups excluding carboxylic acids is 2. The fourth-order valence-electron chi connectivity index (χ4n) is 2.11. The number of aromatic nitrogens is 2. The first-order chi connectivity index (χ1) is 12.3. The predicted octanol–water partition coefficient (Wildman–Crippen LogP) is 3.01. The first-order valence-electron chi connectivity index (χ1n) is 7.62. The summed E-state index contributed by atoms with van der Waals surface area (Å²) in [5, 5.41) is 13.9. The third kappa shape index (κ3) is 4.28. The number of nitrogens with one attached hydrogen (secondary N) is 2. The molecule has 0 atom stereocenters. The summed E-state index contributed by atoms with van der Waals surface area (Å²) >= 11 is 5.69. The largest absolute Gasteiger partial charge is 0.419 e. The smallest absolute Gasteiger partial charge is 0.350 e. The van der Waals surface area contributed by atoms with E-state index in [1.54, 1.807) is 36.4 Å². The zero-order chi connectivity index (χ0) is 18.7. The van der Waals surface area contributed by atoms with Gasteiger partial charge in [0.15, 0.2) is 16.5 Å². The molecule has 3 rings (SSSR count). The van der Waals surface area contributed by atoms with E-state index in [-0.39, 0.29) is 5.57 Å². The molecule has 1 aliphatic heterocycles. The Morgan fingerprint density at radius 1 is 0.962 bits per heavy atom. The molecule has 2 N–H and O–H groups in total. The van der Waals surface area contributed by atoms with Gasteiger partial charge in [0, 0.05) is 31.4 Å². The topological polar surface area (TPSA) is 102 Å². The van der Waals surface area contributed by atoms with Crippen LogP contribution in [0.4, 0.5) is 17.2 Å². The molecule has 0 aliphatic carbocycles. The molecule has 1 aromatic carbocycles. The van der Waals surface area contributed by atoms with E-state index in [4.69, 9.17) is 21.1 Å². The predicted molar refractivity (Wildman–Crippen MR) is 94.7 cm³/mol. The van der Waals surface area contributed by atoms with Gasteiger partial charge in [-0.15, -0.1) is 10.2 Å². The molecule has 0 spiro atoms. The van der Waals surface area contributed by atoms with Crippen molar-refractivity contribution in [3.8, 4) is 0 Å². The van der Waals surface area contributed by atoms with Gasteiger partial charge in [-0.25, -0.2) is 9.59 Å². The molecule has 0 saturated carbocycles. The normalized spacial score (nSPS) is 15.7. The van der Waals surface area contributed by atoms with E-state index >= 15 is 0 Å². The lowest BCUT2D eigenvalue weighted by Gasteiger charge is -2.29. The summed E-state index contributed by atoms with van der Waals surface area (Å²) in [6, 6.07) is 10.4. The van der Waals surface area contributed by atoms with Crippen molar-refractivity contribution in [3.63, 3.8) is 0 Å². The van der Waals surface area contributed by atoms with Crippen LogP contribution in [-0.4, -0.2) is 27.9 Å². The van der Waals surface area contributed by atoms with Crippen molar-refractivity contribution < 1.29 is 19.1 Å². The van der Waals surface area contributed by atoms with Gasteiger partial charge in [0.1, 0.15) is 0 Å². The van der Waals surface area contributed by atoms with E-state index in [9.17, 15) is 9.59 Å². The summed E-state index contributed by atoms with van der Waals surface area (Å²) < 4.78 is 10.0. The van der Waals surface area contributed by atoms with Crippen molar-refractivity contribution >= 4 is 40.7 Å². The Bertz CT molecular complexity index is 841. The number of hydrogen-bond acceptors (Lipinski definition) is 8. The van der Waals surface area contributed by atoms with Crippen LogP contribution in [0.1, 0.15) is 13.8 Å². The fourth-order valence-corrected chi connectivity index (χ4v) is 2.22. The van der Waals surface area contributed by atoms with E-state index in [1.807, 2.05) is 0 Å². The summed E-state index contributed by atoms with van der Waals surface area (Å²) in [7, 11) is 0. The minimum Gasteiger partial charge on any atom is -0.419 e. The summed E-state index contributed by atoms with van der Waals surface area (Å²) in [4.78, 5) is 23.7. The van der Waals surface area contributed by atoms with Gasteiger partial charge < -0.3 is 20.1 Å². The van der Waals surface area contributed by atoms with Gasteiger partial charge in [-0.05, 0) is 36.4 Å². The number of nitrogens with zero attached hydrogens (tertiary/aromatic N) is 2. The van der Waals surface area contributed by atoms with Crippen LogP contribution in [0.5, 0.6) is 0 Å². The van der Waals surface area contributed by atoms with Gasteiger partial charge in [0.05, 0.1) is 0 Å². The molecule has 9 heteroatoms. The van der Waals surface area contributed by atoms with Crippen LogP contribution >= 0.6 is 11.6 Å². The average molecular weight is 375 g/mol. The number of anilines is 3. The molecule has 1 saturated heterocycles. The van der Waals surface area contributed by atoms with Crippen LogP contribution in [0.3, 0.4) is 0 Å². The fraction of sp³-hybridized carbons (Fsp3) is 0.176. The first-order valence-corrected chi connectivity index (χ1v) is 8.00. The number of halogens is 1. The van der Waals surface area contributed by atoms with E-state index in [0.29, 0.717) is 16.7 Å². The highest BCUT2D eigenvalue weighted by molar-refractivity contribution is 6.29. The Morgan fingerprint density at radius 3 is 2.15 bits per heavy atom. The van der Waals surface area contributed by atoms with Crippen molar-refractivity contribution in [2.24, 2.45) is 0 Å². The average Bonchev–Trinajstić information content (AvgIpc) is 2.56. The summed E-state index contributed by atoms with van der Waals surface area (Å²) in [6.07, 6.45) is 1.26. The molecule has 134 valence electrons. The van der Waals surface area contributed by atoms with Crippen molar-refractivity contribution in [3.05, 3.63) is 53.3 Å². The maximum absolute atomic E-state index is 11.9. The zero-order valence-electron chi connectivity index (χ0n) is 13.9. The lowest BCUT2D eigenvalue weighted by atomic mass is 10.2. The Kier molecular flexibility index (Phi) is 4.77. The number of rotatable bonds is 4. The third-order valence-electron chi connectivity index (χ3n) is 3.29. The molecule has 2 aromatic rings. The highest BCUT2D eigenvalue weighted by Gasteiger charge is 2.38. The number of hydrogen-bond donors (Lipinski definition) is 2. The van der Waals surface area contributed by atoms with E-state index in [2.05, 4.69) is 20.8 Å². The maximum atomic E-state index is 11.9. The van der Waals surface area contributed by atoms with Crippen LogP contribution in [0.25, 0.3) is 0 Å². The van der Waals surface area contributed by atoms with Crippen molar-refractivity contribution in [1.29, 1.82) is 0 Å². The molecule has 2 heterocycles. The molecule has 0 radical (unpaired) electrons. The first kappa shape index (κ1) is 17.7. The van der Waals surface area contributed by atoms with Gasteiger partial charge in [0.2, 0.25) is 0 Å². The molecule has 1 fully saturated rings. The van der Waals surface area contributed by atoms with Crippen LogP contribution in [0.15, 0.2) is 48.2 Å². The molecular weight excluding hydrogens is 360 g/mol. The number of ether oxygens (including phenoxy) is 2. The van der Waals surface area contributed by atoms with Gasteiger partial charge in [0.25, 0.3) is 5.79 Å². The molecular formula is C17H15ClN4O4. The minimum atomic E-state index is -1.26. The minimum absolute atomic E-state index is 0.206. The molecule has 1 aliphatic rings. The molecule has 8 nitrogen and oxygen atoms in total. The van der Waals surface area contributed by atoms with E-state index < -0.39 is 17.7 Å². The monoisotopic (exact) mass is 374 g/mol. The Hall–Kier alpha value is -3.13. The highest BCUT2D eigenvalue weighted by atomic mass is 35.5. The van der Waals surface area contributed by atoms with Crippen molar-refractivity contribution in [2.45, 2.75) is 19.6 Å². The number of carbonyl (C=O) groups is 2. The quantitative estimate of drug-likeness (QED) is 0.478. The van der Waals surface area contributed by atoms with E-state index in [1.165, 1.54) is 20.0 Å². The molecule has 26 heavy (non-hydrogen) atoms. The Balaban J connectivity index is 1.65. The van der Waals surface area contributed by atoms with Gasteiger partial charge >= 0.3 is 11.9 Å². The zero-order valence-corrected chi connectivity index (χ0v) is 14.7. The maximum Gasteiger partial charge on any atom is 0.350 e. The van der Waals surface area contributed by atoms with Gasteiger partial charge in [-0.3, -0.25) is 0 Å². The Labute approximate surface area is 154 Å². The van der Waals surface area contributed by atoms with Crippen molar-refractivity contribution in [1.82, 2.24) is 10.2 Å². The third-order valence-corrected chi connectivity index (χ3v) is 3.49. The molecule has 0 amide bonds. The van der Waals surface area contributed by atoms with Crippen LogP contribution in [0, 0.1) is 0 Å². The molecule has 0 bridgehead atoms. The summed E-state index contributed by atoms with van der Waals surface area (Å²) in [5.41, 5.74) is 1.23.